The first kappa shape index (κ1) is 26.1. The van der Waals surface area contributed by atoms with Crippen molar-refractivity contribution < 1.29 is 4.42 Å². The maximum atomic E-state index is 6.95. The molecule has 5 heteroatoms. The topological polar surface area (TPSA) is 56.7 Å². The Bertz CT molecular complexity index is 2440. The molecule has 0 bridgehead atoms. The van der Waals surface area contributed by atoms with E-state index in [1.54, 1.807) is 12.4 Å². The van der Waals surface area contributed by atoms with E-state index in [1.807, 2.05) is 48.8 Å². The molecule has 4 aromatic carbocycles. The van der Waals surface area contributed by atoms with E-state index >= 15 is 0 Å². The normalized spacial score (nSPS) is 11.5. The van der Waals surface area contributed by atoms with Crippen molar-refractivity contribution in [3.8, 4) is 50.7 Å². The molecule has 0 amide bonds. The number of benzene rings is 4. The van der Waals surface area contributed by atoms with E-state index in [0.717, 1.165) is 83.4 Å². The molecule has 9 rings (SSSR count). The van der Waals surface area contributed by atoms with Gasteiger partial charge < -0.3 is 4.42 Å². The summed E-state index contributed by atoms with van der Waals surface area (Å²) in [5, 5.41) is 3.25. The maximum Gasteiger partial charge on any atom is 0.145 e. The Labute approximate surface area is 265 Å². The highest BCUT2D eigenvalue weighted by molar-refractivity contribution is 6.22. The van der Waals surface area contributed by atoms with Gasteiger partial charge in [-0.2, -0.15) is 0 Å². The zero-order chi connectivity index (χ0) is 30.5. The summed E-state index contributed by atoms with van der Waals surface area (Å²) in [7, 11) is 0. The van der Waals surface area contributed by atoms with E-state index in [-0.39, 0.29) is 0 Å². The molecule has 0 spiro atoms. The highest BCUT2D eigenvalue weighted by Gasteiger charge is 2.23. The molecule has 0 atom stereocenters. The number of furan rings is 1. The lowest BCUT2D eigenvalue weighted by atomic mass is 9.98. The number of hydrogen-bond acceptors (Lipinski definition) is 4. The Balaban J connectivity index is 1.38. The Hall–Kier alpha value is -6.33. The molecule has 0 fully saturated rings. The van der Waals surface area contributed by atoms with Gasteiger partial charge in [0.1, 0.15) is 17.2 Å². The number of para-hydroxylation sites is 1. The minimum atomic E-state index is 0.824. The lowest BCUT2D eigenvalue weighted by molar-refractivity contribution is 0.636. The molecule has 216 valence electrons. The van der Waals surface area contributed by atoms with Crippen LogP contribution in [0.4, 0.5) is 0 Å². The number of aromatic nitrogens is 4. The molecule has 9 aromatic rings. The monoisotopic (exact) mass is 590 g/mol. The molecule has 0 radical (unpaired) electrons. The van der Waals surface area contributed by atoms with E-state index in [0.29, 0.717) is 0 Å². The standard InChI is InChI=1S/C41H26N4O/c1-3-9-29(10-4-1)38-33-15-16-36-39(41(33)46-40(38)30-11-5-2-6-12-30)32-13-7-8-14-35(32)45(36)37-26-31(27-17-21-42-22-18-27)25-34(44-37)28-19-23-43-24-20-28/h1-26H. The summed E-state index contributed by atoms with van der Waals surface area (Å²) in [6.07, 6.45) is 7.26. The van der Waals surface area contributed by atoms with Crippen molar-refractivity contribution in [2.45, 2.75) is 0 Å². The molecule has 0 saturated heterocycles. The zero-order valence-electron chi connectivity index (χ0n) is 24.7. The van der Waals surface area contributed by atoms with Crippen molar-refractivity contribution in [2.75, 3.05) is 0 Å². The summed E-state index contributed by atoms with van der Waals surface area (Å²) in [6, 6.07) is 46.1. The van der Waals surface area contributed by atoms with Crippen LogP contribution < -0.4 is 0 Å². The minimum Gasteiger partial charge on any atom is -0.455 e. The quantitative estimate of drug-likeness (QED) is 0.200. The average molecular weight is 591 g/mol. The largest absolute Gasteiger partial charge is 0.455 e. The van der Waals surface area contributed by atoms with Gasteiger partial charge in [-0.25, -0.2) is 4.98 Å². The van der Waals surface area contributed by atoms with Crippen molar-refractivity contribution in [2.24, 2.45) is 0 Å². The van der Waals surface area contributed by atoms with E-state index in [4.69, 9.17) is 9.40 Å². The fourth-order valence-corrected chi connectivity index (χ4v) is 6.55. The van der Waals surface area contributed by atoms with Gasteiger partial charge >= 0.3 is 0 Å². The van der Waals surface area contributed by atoms with Gasteiger partial charge in [0.2, 0.25) is 0 Å². The molecule has 0 aliphatic rings. The number of fused-ring (bicyclic) bond motifs is 5. The van der Waals surface area contributed by atoms with Gasteiger partial charge in [-0.1, -0.05) is 78.9 Å². The van der Waals surface area contributed by atoms with Gasteiger partial charge in [0.25, 0.3) is 0 Å². The summed E-state index contributed by atoms with van der Waals surface area (Å²) in [6.45, 7) is 0. The predicted octanol–water partition coefficient (Wildman–Crippen LogP) is 10.4. The first-order valence-electron chi connectivity index (χ1n) is 15.3. The molecular weight excluding hydrogens is 564 g/mol. The second kappa shape index (κ2) is 10.7. The molecule has 0 unspecified atom stereocenters. The lowest BCUT2D eigenvalue weighted by Gasteiger charge is -2.12. The maximum absolute atomic E-state index is 6.95. The smallest absolute Gasteiger partial charge is 0.145 e. The van der Waals surface area contributed by atoms with Crippen molar-refractivity contribution in [1.29, 1.82) is 0 Å². The molecule has 5 nitrogen and oxygen atoms in total. The Kier molecular flexibility index (Phi) is 6.06. The van der Waals surface area contributed by atoms with Crippen molar-refractivity contribution in [3.05, 3.63) is 158 Å². The van der Waals surface area contributed by atoms with Crippen LogP contribution in [-0.4, -0.2) is 19.5 Å². The van der Waals surface area contributed by atoms with Crippen LogP contribution in [-0.2, 0) is 0 Å². The fourth-order valence-electron chi connectivity index (χ4n) is 6.55. The van der Waals surface area contributed by atoms with Crippen molar-refractivity contribution in [3.63, 3.8) is 0 Å². The summed E-state index contributed by atoms with van der Waals surface area (Å²) in [5.41, 5.74) is 10.2. The number of pyridine rings is 3. The molecular formula is C41H26N4O. The summed E-state index contributed by atoms with van der Waals surface area (Å²) >= 11 is 0. The zero-order valence-corrected chi connectivity index (χ0v) is 24.7. The Morgan fingerprint density at radius 1 is 0.478 bits per heavy atom. The second-order valence-electron chi connectivity index (χ2n) is 11.3. The third kappa shape index (κ3) is 4.21. The van der Waals surface area contributed by atoms with E-state index < -0.39 is 0 Å². The van der Waals surface area contributed by atoms with Crippen LogP contribution in [0.15, 0.2) is 163 Å². The van der Waals surface area contributed by atoms with Crippen LogP contribution in [0.1, 0.15) is 0 Å². The first-order chi connectivity index (χ1) is 22.8. The minimum absolute atomic E-state index is 0.824. The van der Waals surface area contributed by atoms with Crippen LogP contribution in [0.3, 0.4) is 0 Å². The lowest BCUT2D eigenvalue weighted by Crippen LogP contribution is -2.00. The molecule has 5 aromatic heterocycles. The first-order valence-corrected chi connectivity index (χ1v) is 15.3. The van der Waals surface area contributed by atoms with Crippen LogP contribution >= 0.6 is 0 Å². The number of rotatable bonds is 5. The fraction of sp³-hybridized carbons (Fsp3) is 0. The Morgan fingerprint density at radius 2 is 1.13 bits per heavy atom. The van der Waals surface area contributed by atoms with Gasteiger partial charge in [-0.05, 0) is 71.3 Å². The summed E-state index contributed by atoms with van der Waals surface area (Å²) in [4.78, 5) is 13.7. The SMILES string of the molecule is c1ccc(-c2oc3c(ccc4c3c3ccccc3n4-c3cc(-c4ccncc4)cc(-c4ccncc4)n3)c2-c2ccccc2)cc1. The molecule has 0 aliphatic carbocycles. The summed E-state index contributed by atoms with van der Waals surface area (Å²) < 4.78 is 9.21. The van der Waals surface area contributed by atoms with Crippen molar-refractivity contribution in [1.82, 2.24) is 19.5 Å². The highest BCUT2D eigenvalue weighted by atomic mass is 16.3. The number of nitrogens with zero attached hydrogens (tertiary/aromatic N) is 4. The van der Waals surface area contributed by atoms with Crippen LogP contribution in [0.5, 0.6) is 0 Å². The average Bonchev–Trinajstić information content (AvgIpc) is 3.69. The molecule has 0 N–H and O–H groups in total. The molecule has 46 heavy (non-hydrogen) atoms. The van der Waals surface area contributed by atoms with Gasteiger partial charge in [0, 0.05) is 52.3 Å². The molecule has 0 aliphatic heterocycles. The van der Waals surface area contributed by atoms with Crippen LogP contribution in [0.2, 0.25) is 0 Å². The number of hydrogen-bond donors (Lipinski definition) is 0. The molecule has 5 heterocycles. The van der Waals surface area contributed by atoms with Gasteiger partial charge in [-0.3, -0.25) is 14.5 Å². The second-order valence-corrected chi connectivity index (χ2v) is 11.3. The van der Waals surface area contributed by atoms with Crippen molar-refractivity contribution >= 4 is 32.8 Å². The van der Waals surface area contributed by atoms with E-state index in [1.165, 1.54) is 0 Å². The third-order valence-corrected chi connectivity index (χ3v) is 8.62. The van der Waals surface area contributed by atoms with Crippen LogP contribution in [0, 0.1) is 0 Å². The highest BCUT2D eigenvalue weighted by Crippen LogP contribution is 2.46. The Morgan fingerprint density at radius 3 is 1.87 bits per heavy atom. The molecule has 0 saturated carbocycles. The predicted molar refractivity (Wildman–Crippen MR) is 186 cm³/mol. The van der Waals surface area contributed by atoms with E-state index in [2.05, 4.69) is 112 Å². The summed E-state index contributed by atoms with van der Waals surface area (Å²) in [5.74, 6) is 1.69. The third-order valence-electron chi connectivity index (χ3n) is 8.62. The van der Waals surface area contributed by atoms with Crippen LogP contribution in [0.25, 0.3) is 83.4 Å². The van der Waals surface area contributed by atoms with E-state index in [9.17, 15) is 0 Å². The van der Waals surface area contributed by atoms with Gasteiger partial charge in [0.15, 0.2) is 0 Å². The van der Waals surface area contributed by atoms with Gasteiger partial charge in [0.05, 0.1) is 22.1 Å². The van der Waals surface area contributed by atoms with Gasteiger partial charge in [-0.15, -0.1) is 0 Å².